The highest BCUT2D eigenvalue weighted by Crippen LogP contribution is 2.19. The van der Waals surface area contributed by atoms with Crippen molar-refractivity contribution >= 4 is 10.9 Å². The molecular weight excluding hydrogens is 174 g/mol. The van der Waals surface area contributed by atoms with Crippen molar-refractivity contribution in [2.24, 2.45) is 11.5 Å². The third kappa shape index (κ3) is 1.47. The van der Waals surface area contributed by atoms with Crippen LogP contribution in [0.1, 0.15) is 11.6 Å². The first-order valence-corrected chi connectivity index (χ1v) is 4.62. The van der Waals surface area contributed by atoms with E-state index in [0.29, 0.717) is 6.54 Å². The lowest BCUT2D eigenvalue weighted by molar-refractivity contribution is 0.741. The number of para-hydroxylation sites is 1. The molecule has 2 aromatic rings. The van der Waals surface area contributed by atoms with Gasteiger partial charge in [0.1, 0.15) is 0 Å². The number of benzene rings is 1. The molecule has 0 aliphatic carbocycles. The predicted octanol–water partition coefficient (Wildman–Crippen LogP) is 1.19. The Kier molecular flexibility index (Phi) is 2.43. The largest absolute Gasteiger partial charge is 0.329 e. The third-order valence-corrected chi connectivity index (χ3v) is 2.32. The first-order valence-electron chi connectivity index (χ1n) is 4.62. The van der Waals surface area contributed by atoms with Gasteiger partial charge in [0.2, 0.25) is 0 Å². The van der Waals surface area contributed by atoms with Crippen LogP contribution in [-0.2, 0) is 0 Å². The highest BCUT2D eigenvalue weighted by Gasteiger charge is 2.07. The van der Waals surface area contributed by atoms with Gasteiger partial charge in [-0.2, -0.15) is 0 Å². The molecule has 72 valence electrons. The number of hydrogen-bond donors (Lipinski definition) is 2. The fourth-order valence-corrected chi connectivity index (χ4v) is 1.55. The molecule has 4 N–H and O–H groups in total. The Morgan fingerprint density at radius 2 is 2.00 bits per heavy atom. The number of nitrogens with two attached hydrogens (primary N) is 2. The molecule has 3 nitrogen and oxygen atoms in total. The molecule has 2 rings (SSSR count). The summed E-state index contributed by atoms with van der Waals surface area (Å²) in [5.74, 6) is 0. The monoisotopic (exact) mass is 187 g/mol. The molecule has 0 aliphatic heterocycles. The lowest BCUT2D eigenvalue weighted by atomic mass is 10.0. The van der Waals surface area contributed by atoms with Gasteiger partial charge in [-0.25, -0.2) is 0 Å². The van der Waals surface area contributed by atoms with Crippen LogP contribution in [0, 0.1) is 0 Å². The fraction of sp³-hybridized carbons (Fsp3) is 0.182. The molecule has 0 aliphatic rings. The number of aromatic nitrogens is 1. The Labute approximate surface area is 82.7 Å². The van der Waals surface area contributed by atoms with Gasteiger partial charge in [-0.15, -0.1) is 0 Å². The molecule has 1 aromatic heterocycles. The summed E-state index contributed by atoms with van der Waals surface area (Å²) in [4.78, 5) is 4.31. The molecule has 0 unspecified atom stereocenters. The molecule has 0 amide bonds. The summed E-state index contributed by atoms with van der Waals surface area (Å²) in [6.07, 6.45) is 1.77. The van der Waals surface area contributed by atoms with E-state index in [-0.39, 0.29) is 6.04 Å². The first kappa shape index (κ1) is 9.12. The predicted molar refractivity (Wildman–Crippen MR) is 57.7 cm³/mol. The summed E-state index contributed by atoms with van der Waals surface area (Å²) in [7, 11) is 0. The van der Waals surface area contributed by atoms with Crippen LogP contribution in [0.3, 0.4) is 0 Å². The highest BCUT2D eigenvalue weighted by atomic mass is 14.7. The molecule has 0 saturated carbocycles. The molecule has 3 heteroatoms. The van der Waals surface area contributed by atoms with Crippen LogP contribution in [0.2, 0.25) is 0 Å². The molecule has 0 saturated heterocycles. The molecule has 0 bridgehead atoms. The standard InChI is InChI=1S/C11H13N3/c12-7-10(13)9-5-1-3-8-4-2-6-14-11(8)9/h1-6,10H,7,12-13H2/t10-/m0/s1. The van der Waals surface area contributed by atoms with Crippen molar-refractivity contribution in [1.29, 1.82) is 0 Å². The topological polar surface area (TPSA) is 64.9 Å². The van der Waals surface area contributed by atoms with E-state index in [1.807, 2.05) is 30.3 Å². The SMILES string of the molecule is NC[C@H](N)c1cccc2cccnc12. The zero-order valence-corrected chi connectivity index (χ0v) is 7.85. The van der Waals surface area contributed by atoms with E-state index in [2.05, 4.69) is 4.98 Å². The van der Waals surface area contributed by atoms with Gasteiger partial charge in [-0.05, 0) is 11.6 Å². The van der Waals surface area contributed by atoms with Gasteiger partial charge in [0.25, 0.3) is 0 Å². The number of rotatable bonds is 2. The van der Waals surface area contributed by atoms with Crippen molar-refractivity contribution in [3.63, 3.8) is 0 Å². The normalized spacial score (nSPS) is 13.0. The van der Waals surface area contributed by atoms with E-state index in [1.165, 1.54) is 0 Å². The van der Waals surface area contributed by atoms with E-state index in [9.17, 15) is 0 Å². The lowest BCUT2D eigenvalue weighted by Crippen LogP contribution is -2.21. The maximum Gasteiger partial charge on any atom is 0.0750 e. The fourth-order valence-electron chi connectivity index (χ4n) is 1.55. The van der Waals surface area contributed by atoms with Crippen molar-refractivity contribution in [2.45, 2.75) is 6.04 Å². The second kappa shape index (κ2) is 3.74. The van der Waals surface area contributed by atoms with Crippen LogP contribution in [-0.4, -0.2) is 11.5 Å². The van der Waals surface area contributed by atoms with Gasteiger partial charge in [-0.3, -0.25) is 4.98 Å². The Balaban J connectivity index is 2.65. The summed E-state index contributed by atoms with van der Waals surface area (Å²) in [5.41, 5.74) is 13.4. The van der Waals surface area contributed by atoms with Gasteiger partial charge < -0.3 is 11.5 Å². The van der Waals surface area contributed by atoms with Crippen LogP contribution in [0.4, 0.5) is 0 Å². The quantitative estimate of drug-likeness (QED) is 0.742. The summed E-state index contributed by atoms with van der Waals surface area (Å²) in [5, 5.41) is 1.11. The molecule has 1 atom stereocenters. The summed E-state index contributed by atoms with van der Waals surface area (Å²) >= 11 is 0. The minimum Gasteiger partial charge on any atom is -0.329 e. The smallest absolute Gasteiger partial charge is 0.0750 e. The third-order valence-electron chi connectivity index (χ3n) is 2.32. The molecular formula is C11H13N3. The Morgan fingerprint density at radius 1 is 1.21 bits per heavy atom. The lowest BCUT2D eigenvalue weighted by Gasteiger charge is -2.11. The maximum absolute atomic E-state index is 5.90. The van der Waals surface area contributed by atoms with E-state index in [4.69, 9.17) is 11.5 Å². The first-order chi connectivity index (χ1) is 6.83. The van der Waals surface area contributed by atoms with Crippen molar-refractivity contribution in [3.05, 3.63) is 42.1 Å². The molecule has 1 heterocycles. The van der Waals surface area contributed by atoms with Crippen LogP contribution >= 0.6 is 0 Å². The number of pyridine rings is 1. The zero-order chi connectivity index (χ0) is 9.97. The summed E-state index contributed by atoms with van der Waals surface area (Å²) < 4.78 is 0. The van der Waals surface area contributed by atoms with Gasteiger partial charge in [0.05, 0.1) is 5.52 Å². The summed E-state index contributed by atoms with van der Waals surface area (Å²) in [6, 6.07) is 9.79. The molecule has 0 fully saturated rings. The van der Waals surface area contributed by atoms with Gasteiger partial charge in [0.15, 0.2) is 0 Å². The second-order valence-corrected chi connectivity index (χ2v) is 3.26. The van der Waals surface area contributed by atoms with E-state index in [0.717, 1.165) is 16.5 Å². The number of hydrogen-bond acceptors (Lipinski definition) is 3. The average Bonchev–Trinajstić information content (AvgIpc) is 2.27. The van der Waals surface area contributed by atoms with E-state index >= 15 is 0 Å². The van der Waals surface area contributed by atoms with Crippen LogP contribution in [0.15, 0.2) is 36.5 Å². The number of nitrogens with zero attached hydrogens (tertiary/aromatic N) is 1. The van der Waals surface area contributed by atoms with Crippen LogP contribution < -0.4 is 11.5 Å². The maximum atomic E-state index is 5.90. The van der Waals surface area contributed by atoms with Crippen molar-refractivity contribution in [2.75, 3.05) is 6.54 Å². The Hall–Kier alpha value is -1.45. The molecule has 0 radical (unpaired) electrons. The summed E-state index contributed by atoms with van der Waals surface area (Å²) in [6.45, 7) is 0.440. The Bertz CT molecular complexity index is 434. The van der Waals surface area contributed by atoms with Gasteiger partial charge in [0, 0.05) is 24.2 Å². The van der Waals surface area contributed by atoms with Gasteiger partial charge in [-0.1, -0.05) is 24.3 Å². The zero-order valence-electron chi connectivity index (χ0n) is 7.85. The van der Waals surface area contributed by atoms with Crippen molar-refractivity contribution < 1.29 is 0 Å². The van der Waals surface area contributed by atoms with E-state index < -0.39 is 0 Å². The average molecular weight is 187 g/mol. The Morgan fingerprint density at radius 3 is 2.79 bits per heavy atom. The minimum atomic E-state index is -0.131. The molecule has 1 aromatic carbocycles. The van der Waals surface area contributed by atoms with Crippen molar-refractivity contribution in [3.8, 4) is 0 Å². The van der Waals surface area contributed by atoms with Crippen LogP contribution in [0.5, 0.6) is 0 Å². The number of fused-ring (bicyclic) bond motifs is 1. The molecule has 14 heavy (non-hydrogen) atoms. The van der Waals surface area contributed by atoms with E-state index in [1.54, 1.807) is 6.20 Å². The van der Waals surface area contributed by atoms with Gasteiger partial charge >= 0.3 is 0 Å². The minimum absolute atomic E-state index is 0.131. The van der Waals surface area contributed by atoms with Crippen LogP contribution in [0.25, 0.3) is 10.9 Å². The molecule has 0 spiro atoms. The van der Waals surface area contributed by atoms with Crippen molar-refractivity contribution in [1.82, 2.24) is 4.98 Å². The second-order valence-electron chi connectivity index (χ2n) is 3.26. The highest BCUT2D eigenvalue weighted by molar-refractivity contribution is 5.81.